The van der Waals surface area contributed by atoms with Crippen LogP contribution < -0.4 is 5.32 Å². The summed E-state index contributed by atoms with van der Waals surface area (Å²) in [7, 11) is 0. The molecule has 5 nitrogen and oxygen atoms in total. The largest absolute Gasteiger partial charge is 0.452 e. The van der Waals surface area contributed by atoms with Crippen molar-refractivity contribution >= 4 is 23.2 Å². The minimum Gasteiger partial charge on any atom is -0.452 e. The van der Waals surface area contributed by atoms with Crippen molar-refractivity contribution in [1.82, 2.24) is 9.88 Å². The van der Waals surface area contributed by atoms with Crippen LogP contribution in [0.1, 0.15) is 26.6 Å². The number of halogens is 1. The summed E-state index contributed by atoms with van der Waals surface area (Å²) in [4.78, 5) is 25.3. The van der Waals surface area contributed by atoms with E-state index in [2.05, 4.69) is 5.32 Å². The van der Waals surface area contributed by atoms with Gasteiger partial charge in [-0.2, -0.15) is 0 Å². The molecule has 140 valence electrons. The second-order valence-corrected chi connectivity index (χ2v) is 7.06. The van der Waals surface area contributed by atoms with E-state index in [1.54, 1.807) is 36.5 Å². The van der Waals surface area contributed by atoms with Crippen LogP contribution in [0.25, 0.3) is 5.69 Å². The predicted molar refractivity (Wildman–Crippen MR) is 102 cm³/mol. The summed E-state index contributed by atoms with van der Waals surface area (Å²) in [6.07, 6.45) is 0. The maximum Gasteiger partial charge on any atom is 0.340 e. The van der Waals surface area contributed by atoms with Crippen molar-refractivity contribution in [3.05, 3.63) is 75.5 Å². The molecule has 1 aromatic carbocycles. The third-order valence-electron chi connectivity index (χ3n) is 4.11. The van der Waals surface area contributed by atoms with E-state index in [1.165, 1.54) is 12.1 Å². The lowest BCUT2D eigenvalue weighted by molar-refractivity contribution is -0.124. The molecule has 0 aliphatic rings. The average Bonchev–Trinajstić information content (AvgIpc) is 3.27. The van der Waals surface area contributed by atoms with Crippen molar-refractivity contribution in [2.45, 2.75) is 20.4 Å². The predicted octanol–water partition coefficient (Wildman–Crippen LogP) is 3.77. The van der Waals surface area contributed by atoms with E-state index in [1.807, 2.05) is 29.0 Å². The van der Waals surface area contributed by atoms with Gasteiger partial charge in [0.1, 0.15) is 5.82 Å². The number of thiophene rings is 1. The smallest absolute Gasteiger partial charge is 0.340 e. The zero-order chi connectivity index (χ0) is 19.4. The monoisotopic (exact) mass is 386 g/mol. The van der Waals surface area contributed by atoms with Gasteiger partial charge in [0.05, 0.1) is 12.1 Å². The number of amides is 1. The molecule has 3 aromatic rings. The number of benzene rings is 1. The Morgan fingerprint density at radius 2 is 1.93 bits per heavy atom. The Morgan fingerprint density at radius 1 is 1.19 bits per heavy atom. The van der Waals surface area contributed by atoms with Crippen LogP contribution in [0.5, 0.6) is 0 Å². The number of carbonyl (C=O) groups excluding carboxylic acids is 2. The Morgan fingerprint density at radius 3 is 2.59 bits per heavy atom. The number of hydrogen-bond donors (Lipinski definition) is 1. The summed E-state index contributed by atoms with van der Waals surface area (Å²) in [6, 6.07) is 11.5. The third-order valence-corrected chi connectivity index (χ3v) is 4.99. The zero-order valence-electron chi connectivity index (χ0n) is 15.0. The molecule has 0 saturated heterocycles. The van der Waals surface area contributed by atoms with Crippen LogP contribution in [0.4, 0.5) is 4.39 Å². The van der Waals surface area contributed by atoms with Crippen molar-refractivity contribution in [2.75, 3.05) is 6.61 Å². The first-order valence-corrected chi connectivity index (χ1v) is 9.25. The topological polar surface area (TPSA) is 60.3 Å². The van der Waals surface area contributed by atoms with Gasteiger partial charge in [-0.15, -0.1) is 11.3 Å². The molecule has 7 heteroatoms. The van der Waals surface area contributed by atoms with Crippen molar-refractivity contribution < 1.29 is 18.7 Å². The molecule has 1 amide bonds. The van der Waals surface area contributed by atoms with Crippen molar-refractivity contribution in [1.29, 1.82) is 0 Å². The van der Waals surface area contributed by atoms with Crippen LogP contribution in [0, 0.1) is 19.7 Å². The molecule has 0 aliphatic carbocycles. The highest BCUT2D eigenvalue weighted by Gasteiger charge is 2.19. The first-order valence-electron chi connectivity index (χ1n) is 8.37. The number of ether oxygens (including phenoxy) is 1. The number of esters is 1. The van der Waals surface area contributed by atoms with E-state index < -0.39 is 5.97 Å². The molecule has 0 spiro atoms. The summed E-state index contributed by atoms with van der Waals surface area (Å²) in [5, 5.41) is 4.64. The number of aromatic nitrogens is 1. The number of hydrogen-bond acceptors (Lipinski definition) is 4. The summed E-state index contributed by atoms with van der Waals surface area (Å²) < 4.78 is 20.1. The van der Waals surface area contributed by atoms with E-state index in [0.29, 0.717) is 17.8 Å². The second kappa shape index (κ2) is 8.18. The Bertz CT molecular complexity index is 947. The summed E-state index contributed by atoms with van der Waals surface area (Å²) in [5.41, 5.74) is 2.61. The first-order chi connectivity index (χ1) is 13.0. The first kappa shape index (κ1) is 18.8. The highest BCUT2D eigenvalue weighted by Crippen LogP contribution is 2.21. The quantitative estimate of drug-likeness (QED) is 0.656. The molecule has 0 unspecified atom stereocenters. The number of nitrogens with zero attached hydrogens (tertiary/aromatic N) is 1. The van der Waals surface area contributed by atoms with Gasteiger partial charge in [0.25, 0.3) is 5.91 Å². The maximum absolute atomic E-state index is 13.1. The van der Waals surface area contributed by atoms with E-state index in [-0.39, 0.29) is 18.3 Å². The van der Waals surface area contributed by atoms with Gasteiger partial charge in [-0.3, -0.25) is 4.79 Å². The molecular formula is C20H19FN2O3S. The summed E-state index contributed by atoms with van der Waals surface area (Å²) >= 11 is 1.54. The minimum atomic E-state index is -0.567. The van der Waals surface area contributed by atoms with Gasteiger partial charge in [-0.05, 0) is 55.6 Å². The van der Waals surface area contributed by atoms with Crippen LogP contribution in [-0.4, -0.2) is 23.1 Å². The SMILES string of the molecule is Cc1cc(C(=O)OCC(=O)NCc2cccs2)c(C)n1-c1ccc(F)cc1. The Balaban J connectivity index is 1.64. The number of carbonyl (C=O) groups is 2. The Kier molecular flexibility index (Phi) is 5.71. The highest BCUT2D eigenvalue weighted by atomic mass is 32.1. The lowest BCUT2D eigenvalue weighted by atomic mass is 10.2. The normalized spacial score (nSPS) is 10.6. The van der Waals surface area contributed by atoms with Crippen LogP contribution in [0.3, 0.4) is 0 Å². The summed E-state index contributed by atoms with van der Waals surface area (Å²) in [6.45, 7) is 3.70. The molecule has 0 saturated carbocycles. The molecular weight excluding hydrogens is 367 g/mol. The third kappa shape index (κ3) is 4.43. The number of aryl methyl sites for hydroxylation is 1. The van der Waals surface area contributed by atoms with Gasteiger partial charge in [0, 0.05) is 22.0 Å². The average molecular weight is 386 g/mol. The molecule has 0 radical (unpaired) electrons. The van der Waals surface area contributed by atoms with Gasteiger partial charge in [-0.25, -0.2) is 9.18 Å². The Hall–Kier alpha value is -2.93. The molecule has 0 atom stereocenters. The van der Waals surface area contributed by atoms with E-state index in [4.69, 9.17) is 4.74 Å². The van der Waals surface area contributed by atoms with E-state index in [0.717, 1.165) is 16.3 Å². The van der Waals surface area contributed by atoms with Gasteiger partial charge >= 0.3 is 5.97 Å². The summed E-state index contributed by atoms with van der Waals surface area (Å²) in [5.74, 6) is -1.25. The van der Waals surface area contributed by atoms with Crippen LogP contribution in [0.2, 0.25) is 0 Å². The van der Waals surface area contributed by atoms with Gasteiger partial charge < -0.3 is 14.6 Å². The van der Waals surface area contributed by atoms with Gasteiger partial charge in [0.15, 0.2) is 6.61 Å². The fraction of sp³-hybridized carbons (Fsp3) is 0.200. The van der Waals surface area contributed by atoms with Crippen LogP contribution in [-0.2, 0) is 16.1 Å². The number of rotatable bonds is 6. The fourth-order valence-electron chi connectivity index (χ4n) is 2.82. The number of nitrogens with one attached hydrogen (secondary N) is 1. The molecule has 0 bridgehead atoms. The van der Waals surface area contributed by atoms with Crippen LogP contribution >= 0.6 is 11.3 Å². The van der Waals surface area contributed by atoms with E-state index >= 15 is 0 Å². The molecule has 2 heterocycles. The molecule has 0 aliphatic heterocycles. The molecule has 0 fully saturated rings. The van der Waals surface area contributed by atoms with Crippen LogP contribution in [0.15, 0.2) is 47.8 Å². The van der Waals surface area contributed by atoms with Crippen molar-refractivity contribution in [3.8, 4) is 5.69 Å². The zero-order valence-corrected chi connectivity index (χ0v) is 15.8. The van der Waals surface area contributed by atoms with Gasteiger partial charge in [0.2, 0.25) is 0 Å². The maximum atomic E-state index is 13.1. The van der Waals surface area contributed by atoms with Gasteiger partial charge in [-0.1, -0.05) is 6.07 Å². The fourth-order valence-corrected chi connectivity index (χ4v) is 3.46. The minimum absolute atomic E-state index is 0.325. The standard InChI is InChI=1S/C20H19FN2O3S/c1-13-10-18(14(2)23(13)16-7-5-15(21)6-8-16)20(25)26-12-19(24)22-11-17-4-3-9-27-17/h3-10H,11-12H2,1-2H3,(H,22,24). The Labute approximate surface area is 160 Å². The van der Waals surface area contributed by atoms with Crippen molar-refractivity contribution in [3.63, 3.8) is 0 Å². The molecule has 1 N–H and O–H groups in total. The second-order valence-electron chi connectivity index (χ2n) is 6.03. The lowest BCUT2D eigenvalue weighted by Gasteiger charge is -2.10. The molecule has 27 heavy (non-hydrogen) atoms. The highest BCUT2D eigenvalue weighted by molar-refractivity contribution is 7.09. The molecule has 3 rings (SSSR count). The lowest BCUT2D eigenvalue weighted by Crippen LogP contribution is -2.28. The van der Waals surface area contributed by atoms with E-state index in [9.17, 15) is 14.0 Å². The van der Waals surface area contributed by atoms with Crippen molar-refractivity contribution in [2.24, 2.45) is 0 Å². The molecule has 2 aromatic heterocycles.